The number of sulfonamides is 1. The lowest BCUT2D eigenvalue weighted by Gasteiger charge is -2.09. The summed E-state index contributed by atoms with van der Waals surface area (Å²) in [6.07, 6.45) is 10.7. The number of benzene rings is 1. The molecule has 0 radical (unpaired) electrons. The van der Waals surface area contributed by atoms with Crippen LogP contribution in [0.3, 0.4) is 0 Å². The smallest absolute Gasteiger partial charge is 0.257 e. The molecule has 1 aromatic rings. The average Bonchev–Trinajstić information content (AvgIpc) is 2.65. The Labute approximate surface area is 168 Å². The number of hydrazine groups is 1. The highest BCUT2D eigenvalue weighted by molar-refractivity contribution is 7.89. The highest BCUT2D eigenvalue weighted by Gasteiger charge is 2.15. The number of carbonyl (C=O) groups is 2. The van der Waals surface area contributed by atoms with Gasteiger partial charge in [0.15, 0.2) is 0 Å². The van der Waals surface area contributed by atoms with Gasteiger partial charge in [-0.15, -0.1) is 4.83 Å². The molecule has 0 saturated heterocycles. The van der Waals surface area contributed by atoms with E-state index >= 15 is 0 Å². The van der Waals surface area contributed by atoms with Crippen molar-refractivity contribution >= 4 is 27.5 Å². The van der Waals surface area contributed by atoms with Gasteiger partial charge in [-0.1, -0.05) is 58.3 Å². The summed E-state index contributed by atoms with van der Waals surface area (Å²) in [4.78, 5) is 24.9. The number of hydrogen-bond donors (Lipinski definition) is 3. The molecule has 158 valence electrons. The molecule has 1 aromatic carbocycles. The minimum atomic E-state index is -3.85. The Morgan fingerprint density at radius 2 is 1.39 bits per heavy atom. The van der Waals surface area contributed by atoms with Crippen molar-refractivity contribution in [3.63, 3.8) is 0 Å². The number of anilines is 1. The first kappa shape index (κ1) is 24.1. The molecule has 0 spiro atoms. The van der Waals surface area contributed by atoms with Crippen LogP contribution < -0.4 is 15.6 Å². The summed E-state index contributed by atoms with van der Waals surface area (Å²) in [5.41, 5.74) is 2.75. The Hall–Kier alpha value is -1.93. The van der Waals surface area contributed by atoms with E-state index in [9.17, 15) is 18.0 Å². The molecule has 7 nitrogen and oxygen atoms in total. The molecular weight excluding hydrogens is 378 g/mol. The van der Waals surface area contributed by atoms with E-state index in [1.807, 2.05) is 0 Å². The Balaban J connectivity index is 2.23. The summed E-state index contributed by atoms with van der Waals surface area (Å²) in [5.74, 6) is -0.584. The van der Waals surface area contributed by atoms with Crippen LogP contribution in [0.5, 0.6) is 0 Å². The third-order valence-corrected chi connectivity index (χ3v) is 5.58. The maximum absolute atomic E-state index is 12.2. The van der Waals surface area contributed by atoms with Gasteiger partial charge in [0.05, 0.1) is 4.90 Å². The Morgan fingerprint density at radius 3 is 1.93 bits per heavy atom. The molecule has 28 heavy (non-hydrogen) atoms. The SMILES string of the molecule is CCCCCCCCCCCC(=O)NNS(=O)(=O)c1ccc(NC(C)=O)cc1. The van der Waals surface area contributed by atoms with Crippen molar-refractivity contribution in [2.75, 3.05) is 5.32 Å². The molecule has 8 heteroatoms. The number of rotatable bonds is 14. The molecule has 0 saturated carbocycles. The highest BCUT2D eigenvalue weighted by atomic mass is 32.2. The van der Waals surface area contributed by atoms with Gasteiger partial charge in [-0.3, -0.25) is 15.0 Å². The molecule has 1 rings (SSSR count). The van der Waals surface area contributed by atoms with Gasteiger partial charge < -0.3 is 5.32 Å². The van der Waals surface area contributed by atoms with E-state index in [0.29, 0.717) is 12.1 Å². The van der Waals surface area contributed by atoms with E-state index in [2.05, 4.69) is 22.5 Å². The molecule has 0 aliphatic heterocycles. The second kappa shape index (κ2) is 13.3. The van der Waals surface area contributed by atoms with Crippen LogP contribution >= 0.6 is 0 Å². The fourth-order valence-corrected chi connectivity index (χ4v) is 3.62. The first-order valence-electron chi connectivity index (χ1n) is 10.0. The van der Waals surface area contributed by atoms with Crippen LogP contribution in [0.2, 0.25) is 0 Å². The first-order chi connectivity index (χ1) is 13.3. The zero-order valence-corrected chi connectivity index (χ0v) is 17.7. The lowest BCUT2D eigenvalue weighted by Crippen LogP contribution is -2.41. The zero-order valence-electron chi connectivity index (χ0n) is 16.9. The van der Waals surface area contributed by atoms with Crippen molar-refractivity contribution in [3.8, 4) is 0 Å². The zero-order chi connectivity index (χ0) is 20.8. The van der Waals surface area contributed by atoms with Crippen LogP contribution in [0.25, 0.3) is 0 Å². The molecule has 0 aromatic heterocycles. The first-order valence-corrected chi connectivity index (χ1v) is 11.5. The quantitative estimate of drug-likeness (QED) is 0.319. The van der Waals surface area contributed by atoms with E-state index in [0.717, 1.165) is 19.3 Å². The normalized spacial score (nSPS) is 11.2. The van der Waals surface area contributed by atoms with E-state index in [1.54, 1.807) is 0 Å². The van der Waals surface area contributed by atoms with E-state index in [-0.39, 0.29) is 16.7 Å². The number of amides is 2. The second-order valence-electron chi connectivity index (χ2n) is 6.94. The van der Waals surface area contributed by atoms with Crippen molar-refractivity contribution in [1.82, 2.24) is 10.3 Å². The van der Waals surface area contributed by atoms with Gasteiger partial charge in [0.1, 0.15) is 0 Å². The molecule has 3 N–H and O–H groups in total. The highest BCUT2D eigenvalue weighted by Crippen LogP contribution is 2.14. The summed E-state index contributed by atoms with van der Waals surface area (Å²) in [5, 5.41) is 2.56. The molecule has 0 fully saturated rings. The summed E-state index contributed by atoms with van der Waals surface area (Å²) >= 11 is 0. The van der Waals surface area contributed by atoms with Gasteiger partial charge >= 0.3 is 0 Å². The average molecular weight is 412 g/mol. The molecule has 0 bridgehead atoms. The second-order valence-corrected chi connectivity index (χ2v) is 8.62. The predicted octanol–water partition coefficient (Wildman–Crippen LogP) is 3.88. The summed E-state index contributed by atoms with van der Waals surface area (Å²) < 4.78 is 24.4. The third kappa shape index (κ3) is 10.4. The van der Waals surface area contributed by atoms with Crippen LogP contribution in [-0.2, 0) is 19.6 Å². The maximum atomic E-state index is 12.2. The van der Waals surface area contributed by atoms with Crippen molar-refractivity contribution in [2.45, 2.75) is 83.0 Å². The predicted molar refractivity (Wildman–Crippen MR) is 111 cm³/mol. The van der Waals surface area contributed by atoms with Gasteiger partial charge in [0.2, 0.25) is 11.8 Å². The third-order valence-electron chi connectivity index (χ3n) is 4.32. The van der Waals surface area contributed by atoms with Crippen molar-refractivity contribution in [2.24, 2.45) is 0 Å². The molecule has 0 aliphatic rings. The lowest BCUT2D eigenvalue weighted by atomic mass is 10.1. The van der Waals surface area contributed by atoms with Crippen LogP contribution in [0, 0.1) is 0 Å². The Kier molecular flexibility index (Phi) is 11.4. The fraction of sp³-hybridized carbons (Fsp3) is 0.600. The van der Waals surface area contributed by atoms with Crippen molar-refractivity contribution in [3.05, 3.63) is 24.3 Å². The monoisotopic (exact) mass is 411 g/mol. The van der Waals surface area contributed by atoms with Gasteiger partial charge in [0, 0.05) is 19.0 Å². The summed E-state index contributed by atoms with van der Waals surface area (Å²) in [7, 11) is -3.85. The summed E-state index contributed by atoms with van der Waals surface area (Å²) in [6, 6.07) is 5.70. The summed E-state index contributed by atoms with van der Waals surface area (Å²) in [6.45, 7) is 3.57. The number of nitrogens with one attached hydrogen (secondary N) is 3. The van der Waals surface area contributed by atoms with Gasteiger partial charge in [-0.05, 0) is 30.7 Å². The Bertz CT molecular complexity index is 703. The molecule has 0 aliphatic carbocycles. The van der Waals surface area contributed by atoms with E-state index in [4.69, 9.17) is 0 Å². The minimum Gasteiger partial charge on any atom is -0.326 e. The van der Waals surface area contributed by atoms with Crippen molar-refractivity contribution in [1.29, 1.82) is 0 Å². The topological polar surface area (TPSA) is 104 Å². The molecule has 0 unspecified atom stereocenters. The lowest BCUT2D eigenvalue weighted by molar-refractivity contribution is -0.121. The fourth-order valence-electron chi connectivity index (χ4n) is 2.76. The number of carbonyl (C=O) groups excluding carboxylic acids is 2. The van der Waals surface area contributed by atoms with Crippen LogP contribution in [0.1, 0.15) is 78.1 Å². The molecule has 0 atom stereocenters. The van der Waals surface area contributed by atoms with E-state index in [1.165, 1.54) is 69.7 Å². The minimum absolute atomic E-state index is 0.00461. The van der Waals surface area contributed by atoms with E-state index < -0.39 is 10.0 Å². The molecular formula is C20H33N3O4S. The van der Waals surface area contributed by atoms with Gasteiger partial charge in [0.25, 0.3) is 10.0 Å². The number of hydrogen-bond acceptors (Lipinski definition) is 4. The molecule has 0 heterocycles. The van der Waals surface area contributed by atoms with Crippen LogP contribution in [0.4, 0.5) is 5.69 Å². The van der Waals surface area contributed by atoms with Crippen LogP contribution in [-0.4, -0.2) is 20.2 Å². The standard InChI is InChI=1S/C20H33N3O4S/c1-3-4-5-6-7-8-9-10-11-12-20(25)22-23-28(26,27)19-15-13-18(14-16-19)21-17(2)24/h13-16,23H,3-12H2,1-2H3,(H,21,24)(H,22,25). The largest absolute Gasteiger partial charge is 0.326 e. The van der Waals surface area contributed by atoms with Gasteiger partial charge in [-0.25, -0.2) is 8.42 Å². The molecule has 2 amide bonds. The number of unbranched alkanes of at least 4 members (excludes halogenated alkanes) is 8. The maximum Gasteiger partial charge on any atom is 0.257 e. The van der Waals surface area contributed by atoms with Crippen molar-refractivity contribution < 1.29 is 18.0 Å². The van der Waals surface area contributed by atoms with Crippen LogP contribution in [0.15, 0.2) is 29.2 Å². The Morgan fingerprint density at radius 1 is 0.857 bits per heavy atom. The van der Waals surface area contributed by atoms with Gasteiger partial charge in [-0.2, -0.15) is 0 Å².